The van der Waals surface area contributed by atoms with Gasteiger partial charge in [0.15, 0.2) is 0 Å². The maximum Gasteiger partial charge on any atom is 0.327 e. The fourth-order valence-electron chi connectivity index (χ4n) is 2.83. The largest absolute Gasteiger partial charge is 0.480 e. The number of nitrogens with one attached hydrogen (secondary N) is 3. The first-order chi connectivity index (χ1) is 16.0. The molecule has 0 radical (unpaired) electrons. The van der Waals surface area contributed by atoms with Crippen LogP contribution in [0.3, 0.4) is 0 Å². The molecule has 0 bridgehead atoms. The molecule has 0 aliphatic rings. The van der Waals surface area contributed by atoms with Gasteiger partial charge in [-0.25, -0.2) is 4.79 Å². The van der Waals surface area contributed by atoms with E-state index in [1.165, 1.54) is 6.92 Å². The van der Waals surface area contributed by atoms with Gasteiger partial charge in [-0.1, -0.05) is 30.3 Å². The van der Waals surface area contributed by atoms with Crippen LogP contribution in [0.2, 0.25) is 0 Å². The van der Waals surface area contributed by atoms with Gasteiger partial charge in [0.25, 0.3) is 0 Å². The smallest absolute Gasteiger partial charge is 0.327 e. The predicted molar refractivity (Wildman–Crippen MR) is 126 cm³/mol. The Hall–Kier alpha value is -3.16. The van der Waals surface area contributed by atoms with E-state index in [4.69, 9.17) is 11.5 Å². The van der Waals surface area contributed by atoms with Crippen LogP contribution in [0.4, 0.5) is 0 Å². The molecule has 13 heteroatoms. The Labute approximate surface area is 202 Å². The van der Waals surface area contributed by atoms with Crippen LogP contribution in [0.25, 0.3) is 0 Å². The molecule has 1 aromatic rings. The Balaban J connectivity index is 3.11. The quantitative estimate of drug-likeness (QED) is 0.130. The van der Waals surface area contributed by atoms with Crippen LogP contribution in [0.1, 0.15) is 25.3 Å². The topological polar surface area (TPSA) is 214 Å². The number of aliphatic carboxylic acids is 1. The number of carboxylic acid groups (broad SMARTS) is 1. The number of carbonyl (C=O) groups excluding carboxylic acids is 4. The van der Waals surface area contributed by atoms with Crippen LogP contribution in [0.15, 0.2) is 30.3 Å². The van der Waals surface area contributed by atoms with Gasteiger partial charge in [0.05, 0.1) is 6.10 Å². The van der Waals surface area contributed by atoms with Crippen molar-refractivity contribution < 1.29 is 34.2 Å². The van der Waals surface area contributed by atoms with Gasteiger partial charge in [-0.15, -0.1) is 0 Å². The molecular weight excluding hydrogens is 466 g/mol. The van der Waals surface area contributed by atoms with Crippen molar-refractivity contribution in [1.82, 2.24) is 16.0 Å². The highest BCUT2D eigenvalue weighted by atomic mass is 32.1. The standard InChI is InChI=1S/C21H31N5O7S/c1-11(27)17(23)20(31)24-13(7-8-16(22)28)18(29)25-14(9-12-5-3-2-4-6-12)19(30)26-15(10-34)21(32)33/h2-6,11,13-15,17,27,34H,7-10,23H2,1H3,(H2,22,28)(H,24,31)(H,25,29)(H,26,30)(H,32,33)/t11-,13+,14+,15+,17+/m1/s1. The van der Waals surface area contributed by atoms with E-state index in [-0.39, 0.29) is 25.0 Å². The average Bonchev–Trinajstić information content (AvgIpc) is 2.78. The van der Waals surface area contributed by atoms with Crippen LogP contribution < -0.4 is 27.4 Å². The zero-order valence-electron chi connectivity index (χ0n) is 18.6. The van der Waals surface area contributed by atoms with E-state index in [0.29, 0.717) is 5.56 Å². The van der Waals surface area contributed by atoms with Crippen molar-refractivity contribution in [2.75, 3.05) is 5.75 Å². The zero-order valence-corrected chi connectivity index (χ0v) is 19.5. The third-order valence-corrected chi connectivity index (χ3v) is 5.21. The van der Waals surface area contributed by atoms with Crippen LogP contribution in [0, 0.1) is 0 Å². The molecule has 0 aliphatic carbocycles. The molecule has 0 fully saturated rings. The van der Waals surface area contributed by atoms with E-state index in [1.54, 1.807) is 30.3 Å². The summed E-state index contributed by atoms with van der Waals surface area (Å²) in [6.45, 7) is 1.29. The highest BCUT2D eigenvalue weighted by molar-refractivity contribution is 7.80. The van der Waals surface area contributed by atoms with Gasteiger partial charge in [0, 0.05) is 18.6 Å². The van der Waals surface area contributed by atoms with E-state index in [1.807, 2.05) is 0 Å². The summed E-state index contributed by atoms with van der Waals surface area (Å²) in [5.74, 6) is -4.64. The number of thiol groups is 1. The van der Waals surface area contributed by atoms with Gasteiger partial charge < -0.3 is 37.6 Å². The number of carboxylic acids is 1. The van der Waals surface area contributed by atoms with E-state index < -0.39 is 59.9 Å². The minimum atomic E-state index is -1.33. The SMILES string of the molecule is C[C@@H](O)[C@H](N)C(=O)N[C@@H](CCC(N)=O)C(=O)N[C@@H](Cc1ccccc1)C(=O)N[C@@H](CS)C(=O)O. The number of hydrogen-bond donors (Lipinski definition) is 8. The van der Waals surface area contributed by atoms with Gasteiger partial charge in [-0.3, -0.25) is 19.2 Å². The first-order valence-electron chi connectivity index (χ1n) is 10.5. The van der Waals surface area contributed by atoms with Crippen molar-refractivity contribution in [3.8, 4) is 0 Å². The van der Waals surface area contributed by atoms with Crippen LogP contribution in [-0.4, -0.2) is 75.8 Å². The molecule has 0 spiro atoms. The van der Waals surface area contributed by atoms with E-state index in [2.05, 4.69) is 28.6 Å². The van der Waals surface area contributed by atoms with E-state index in [0.717, 1.165) is 0 Å². The monoisotopic (exact) mass is 497 g/mol. The molecule has 1 rings (SSSR count). The lowest BCUT2D eigenvalue weighted by Crippen LogP contribution is -2.58. The molecule has 0 unspecified atom stereocenters. The van der Waals surface area contributed by atoms with Gasteiger partial charge in [0.1, 0.15) is 24.2 Å². The lowest BCUT2D eigenvalue weighted by Gasteiger charge is -2.25. The second kappa shape index (κ2) is 14.2. The van der Waals surface area contributed by atoms with Gasteiger partial charge >= 0.3 is 5.97 Å². The summed E-state index contributed by atoms with van der Waals surface area (Å²) in [6.07, 6.45) is -1.63. The highest BCUT2D eigenvalue weighted by Crippen LogP contribution is 2.07. The lowest BCUT2D eigenvalue weighted by atomic mass is 10.0. The zero-order chi connectivity index (χ0) is 25.8. The predicted octanol–water partition coefficient (Wildman–Crippen LogP) is -2.33. The Kier molecular flexibility index (Phi) is 12.0. The lowest BCUT2D eigenvalue weighted by molar-refractivity contribution is -0.141. The second-order valence-electron chi connectivity index (χ2n) is 7.67. The van der Waals surface area contributed by atoms with Crippen molar-refractivity contribution in [1.29, 1.82) is 0 Å². The summed E-state index contributed by atoms with van der Waals surface area (Å²) in [7, 11) is 0. The van der Waals surface area contributed by atoms with Gasteiger partial charge in [0.2, 0.25) is 23.6 Å². The minimum absolute atomic E-state index is 0.0149. The molecule has 5 atom stereocenters. The number of hydrogen-bond acceptors (Lipinski definition) is 8. The minimum Gasteiger partial charge on any atom is -0.480 e. The molecule has 34 heavy (non-hydrogen) atoms. The number of carbonyl (C=O) groups is 5. The number of primary amides is 1. The molecule has 4 amide bonds. The third kappa shape index (κ3) is 9.77. The Morgan fingerprint density at radius 2 is 1.47 bits per heavy atom. The van der Waals surface area contributed by atoms with Crippen molar-refractivity contribution in [3.63, 3.8) is 0 Å². The number of amides is 4. The van der Waals surface area contributed by atoms with E-state index in [9.17, 15) is 34.2 Å². The molecule has 0 saturated carbocycles. The first kappa shape index (κ1) is 28.9. The Bertz CT molecular complexity index is 868. The fourth-order valence-corrected chi connectivity index (χ4v) is 3.08. The summed E-state index contributed by atoms with van der Waals surface area (Å²) in [5.41, 5.74) is 11.4. The molecule has 0 saturated heterocycles. The molecule has 0 heterocycles. The van der Waals surface area contributed by atoms with Gasteiger partial charge in [-0.05, 0) is 18.9 Å². The summed E-state index contributed by atoms with van der Waals surface area (Å²) in [6, 6.07) is 3.52. The van der Waals surface area contributed by atoms with Gasteiger partial charge in [-0.2, -0.15) is 12.6 Å². The number of nitrogens with two attached hydrogens (primary N) is 2. The summed E-state index contributed by atoms with van der Waals surface area (Å²) < 4.78 is 0. The molecule has 9 N–H and O–H groups in total. The van der Waals surface area contributed by atoms with Crippen LogP contribution in [-0.2, 0) is 30.4 Å². The molecular formula is C21H31N5O7S. The number of benzene rings is 1. The fraction of sp³-hybridized carbons (Fsp3) is 0.476. The Morgan fingerprint density at radius 1 is 0.941 bits per heavy atom. The third-order valence-electron chi connectivity index (χ3n) is 4.85. The number of rotatable bonds is 14. The first-order valence-corrected chi connectivity index (χ1v) is 11.1. The second-order valence-corrected chi connectivity index (χ2v) is 8.03. The van der Waals surface area contributed by atoms with Crippen molar-refractivity contribution in [2.45, 2.75) is 56.5 Å². The average molecular weight is 498 g/mol. The number of aliphatic hydroxyl groups is 1. The normalized spacial score (nSPS) is 15.2. The summed E-state index contributed by atoms with van der Waals surface area (Å²) in [5, 5.41) is 25.9. The highest BCUT2D eigenvalue weighted by Gasteiger charge is 2.31. The Morgan fingerprint density at radius 3 is 1.97 bits per heavy atom. The number of aliphatic hydroxyl groups excluding tert-OH is 1. The summed E-state index contributed by atoms with van der Waals surface area (Å²) in [4.78, 5) is 60.6. The summed E-state index contributed by atoms with van der Waals surface area (Å²) >= 11 is 3.91. The van der Waals surface area contributed by atoms with Crippen molar-refractivity contribution in [2.24, 2.45) is 11.5 Å². The maximum absolute atomic E-state index is 13.0. The molecule has 1 aromatic carbocycles. The molecule has 12 nitrogen and oxygen atoms in total. The van der Waals surface area contributed by atoms with E-state index >= 15 is 0 Å². The maximum atomic E-state index is 13.0. The van der Waals surface area contributed by atoms with Crippen LogP contribution >= 0.6 is 12.6 Å². The molecule has 0 aromatic heterocycles. The van der Waals surface area contributed by atoms with Crippen LogP contribution in [0.5, 0.6) is 0 Å². The van der Waals surface area contributed by atoms with Crippen molar-refractivity contribution in [3.05, 3.63) is 35.9 Å². The molecule has 0 aliphatic heterocycles. The van der Waals surface area contributed by atoms with Crippen molar-refractivity contribution >= 4 is 42.2 Å². The molecule has 188 valence electrons.